The number of benzene rings is 1. The van der Waals surface area contributed by atoms with Gasteiger partial charge < -0.3 is 15.0 Å². The van der Waals surface area contributed by atoms with E-state index >= 15 is 0 Å². The molecule has 2 heterocycles. The predicted molar refractivity (Wildman–Crippen MR) is 76.1 cm³/mol. The fraction of sp³-hybridized carbons (Fsp3) is 0.357. The van der Waals surface area contributed by atoms with Gasteiger partial charge in [0.2, 0.25) is 0 Å². The zero-order valence-corrected chi connectivity index (χ0v) is 11.7. The number of hydrogen-bond donors (Lipinski definition) is 2. The number of aryl methyl sites for hydroxylation is 1. The summed E-state index contributed by atoms with van der Waals surface area (Å²) < 4.78 is 5.26. The monoisotopic (exact) mass is 288 g/mol. The molecule has 2 aromatic rings. The van der Waals surface area contributed by atoms with Crippen LogP contribution in [-0.4, -0.2) is 53.3 Å². The number of esters is 1. The third-order valence-corrected chi connectivity index (χ3v) is 3.45. The highest BCUT2D eigenvalue weighted by molar-refractivity contribution is 6.02. The normalized spacial score (nSPS) is 14.5. The Labute approximate surface area is 121 Å². The zero-order chi connectivity index (χ0) is 14.8. The van der Waals surface area contributed by atoms with Gasteiger partial charge in [0.25, 0.3) is 0 Å². The van der Waals surface area contributed by atoms with Crippen LogP contribution in [0.1, 0.15) is 15.9 Å². The second-order valence-corrected chi connectivity index (χ2v) is 5.00. The molecule has 3 rings (SSSR count). The molecular weight excluding hydrogens is 272 g/mol. The standard InChI is InChI=1S/C14H16N4O3/c1-9-6-10-8-16-17-12(10)11(7-9)13(19)21-5-4-18-3-2-15-14(18)20/h6-8H,2-5H2,1H3,(H,15,20)(H,16,17). The highest BCUT2D eigenvalue weighted by Crippen LogP contribution is 2.19. The molecule has 7 heteroatoms. The first kappa shape index (κ1) is 13.4. The van der Waals surface area contributed by atoms with Crippen molar-refractivity contribution in [2.45, 2.75) is 6.92 Å². The number of fused-ring (bicyclic) bond motifs is 1. The van der Waals surface area contributed by atoms with Gasteiger partial charge in [-0.2, -0.15) is 5.10 Å². The van der Waals surface area contributed by atoms with E-state index in [2.05, 4.69) is 15.5 Å². The van der Waals surface area contributed by atoms with E-state index in [-0.39, 0.29) is 12.6 Å². The first-order chi connectivity index (χ1) is 10.1. The molecule has 0 atom stereocenters. The van der Waals surface area contributed by atoms with Crippen LogP contribution in [0.15, 0.2) is 18.3 Å². The van der Waals surface area contributed by atoms with E-state index in [0.29, 0.717) is 30.7 Å². The van der Waals surface area contributed by atoms with Crippen molar-refractivity contribution in [3.63, 3.8) is 0 Å². The molecule has 21 heavy (non-hydrogen) atoms. The number of nitrogens with one attached hydrogen (secondary N) is 2. The van der Waals surface area contributed by atoms with Gasteiger partial charge in [0.15, 0.2) is 0 Å². The maximum absolute atomic E-state index is 12.2. The van der Waals surface area contributed by atoms with Crippen molar-refractivity contribution >= 4 is 22.9 Å². The van der Waals surface area contributed by atoms with Crippen LogP contribution in [0, 0.1) is 6.92 Å². The Balaban J connectivity index is 1.66. The molecule has 0 radical (unpaired) electrons. The minimum absolute atomic E-state index is 0.113. The molecule has 0 unspecified atom stereocenters. The Morgan fingerprint density at radius 1 is 1.48 bits per heavy atom. The summed E-state index contributed by atoms with van der Waals surface area (Å²) in [5, 5.41) is 10.3. The van der Waals surface area contributed by atoms with Crippen LogP contribution >= 0.6 is 0 Å². The van der Waals surface area contributed by atoms with Gasteiger partial charge >= 0.3 is 12.0 Å². The summed E-state index contributed by atoms with van der Waals surface area (Å²) in [6, 6.07) is 3.60. The van der Waals surface area contributed by atoms with Gasteiger partial charge in [-0.05, 0) is 24.6 Å². The number of rotatable bonds is 4. The highest BCUT2D eigenvalue weighted by atomic mass is 16.5. The quantitative estimate of drug-likeness (QED) is 0.823. The van der Waals surface area contributed by atoms with Crippen molar-refractivity contribution < 1.29 is 14.3 Å². The Morgan fingerprint density at radius 2 is 2.33 bits per heavy atom. The zero-order valence-electron chi connectivity index (χ0n) is 11.7. The van der Waals surface area contributed by atoms with Crippen LogP contribution in [-0.2, 0) is 4.74 Å². The fourth-order valence-corrected chi connectivity index (χ4v) is 2.42. The molecule has 0 spiro atoms. The average molecular weight is 288 g/mol. The second kappa shape index (κ2) is 5.43. The third-order valence-electron chi connectivity index (χ3n) is 3.45. The van der Waals surface area contributed by atoms with Gasteiger partial charge in [0.1, 0.15) is 6.61 Å². The van der Waals surface area contributed by atoms with Gasteiger partial charge in [-0.3, -0.25) is 5.10 Å². The van der Waals surface area contributed by atoms with Gasteiger partial charge in [0, 0.05) is 18.5 Å². The highest BCUT2D eigenvalue weighted by Gasteiger charge is 2.20. The van der Waals surface area contributed by atoms with Crippen molar-refractivity contribution in [3.05, 3.63) is 29.5 Å². The Bertz CT molecular complexity index is 695. The Morgan fingerprint density at radius 3 is 3.10 bits per heavy atom. The van der Waals surface area contributed by atoms with Crippen LogP contribution in [0.5, 0.6) is 0 Å². The summed E-state index contributed by atoms with van der Waals surface area (Å²) in [5.74, 6) is -0.410. The van der Waals surface area contributed by atoms with E-state index in [1.165, 1.54) is 0 Å². The lowest BCUT2D eigenvalue weighted by Crippen LogP contribution is -2.31. The molecule has 0 saturated carbocycles. The Kier molecular flexibility index (Phi) is 3.47. The smallest absolute Gasteiger partial charge is 0.340 e. The number of aromatic nitrogens is 2. The van der Waals surface area contributed by atoms with Gasteiger partial charge in [-0.1, -0.05) is 0 Å². The number of amides is 2. The van der Waals surface area contributed by atoms with Crippen molar-refractivity contribution in [1.82, 2.24) is 20.4 Å². The molecule has 1 aliphatic heterocycles. The largest absolute Gasteiger partial charge is 0.460 e. The predicted octanol–water partition coefficient (Wildman–Crippen LogP) is 1.05. The molecule has 110 valence electrons. The molecule has 1 fully saturated rings. The molecule has 1 aliphatic rings. The summed E-state index contributed by atoms with van der Waals surface area (Å²) in [6.45, 7) is 3.77. The lowest BCUT2D eigenvalue weighted by molar-refractivity contribution is 0.0483. The van der Waals surface area contributed by atoms with Crippen LogP contribution in [0.3, 0.4) is 0 Å². The number of aromatic amines is 1. The van der Waals surface area contributed by atoms with Gasteiger partial charge in [-0.25, -0.2) is 9.59 Å². The molecule has 2 amide bonds. The summed E-state index contributed by atoms with van der Waals surface area (Å²) in [6.07, 6.45) is 1.67. The van der Waals surface area contributed by atoms with E-state index in [1.807, 2.05) is 13.0 Å². The molecule has 2 N–H and O–H groups in total. The summed E-state index contributed by atoms with van der Waals surface area (Å²) in [5.41, 5.74) is 2.10. The number of urea groups is 1. The summed E-state index contributed by atoms with van der Waals surface area (Å²) in [4.78, 5) is 25.2. The van der Waals surface area contributed by atoms with Crippen LogP contribution in [0.2, 0.25) is 0 Å². The van der Waals surface area contributed by atoms with Crippen molar-refractivity contribution in [1.29, 1.82) is 0 Å². The van der Waals surface area contributed by atoms with E-state index < -0.39 is 5.97 Å². The van der Waals surface area contributed by atoms with E-state index in [4.69, 9.17) is 4.74 Å². The lowest BCUT2D eigenvalue weighted by Gasteiger charge is -2.14. The van der Waals surface area contributed by atoms with E-state index in [1.54, 1.807) is 17.2 Å². The minimum Gasteiger partial charge on any atom is -0.460 e. The first-order valence-electron chi connectivity index (χ1n) is 6.79. The van der Waals surface area contributed by atoms with Crippen LogP contribution in [0.25, 0.3) is 10.9 Å². The Hall–Kier alpha value is -2.57. The fourth-order valence-electron chi connectivity index (χ4n) is 2.42. The van der Waals surface area contributed by atoms with Crippen LogP contribution in [0.4, 0.5) is 4.79 Å². The number of carbonyl (C=O) groups is 2. The number of carbonyl (C=O) groups excluding carboxylic acids is 2. The lowest BCUT2D eigenvalue weighted by atomic mass is 10.1. The number of hydrogen-bond acceptors (Lipinski definition) is 4. The maximum atomic E-state index is 12.2. The van der Waals surface area contributed by atoms with Crippen molar-refractivity contribution in [3.8, 4) is 0 Å². The maximum Gasteiger partial charge on any atom is 0.340 e. The average Bonchev–Trinajstić information content (AvgIpc) is 3.07. The SMILES string of the molecule is Cc1cc(C(=O)OCCN2CCNC2=O)c2[nH]ncc2c1. The number of H-pyrrole nitrogens is 1. The summed E-state index contributed by atoms with van der Waals surface area (Å²) in [7, 11) is 0. The van der Waals surface area contributed by atoms with Crippen molar-refractivity contribution in [2.75, 3.05) is 26.2 Å². The molecule has 7 nitrogen and oxygen atoms in total. The molecule has 1 aromatic carbocycles. The van der Waals surface area contributed by atoms with Gasteiger partial charge in [0.05, 0.1) is 23.8 Å². The van der Waals surface area contributed by atoms with E-state index in [9.17, 15) is 9.59 Å². The van der Waals surface area contributed by atoms with Gasteiger partial charge in [-0.15, -0.1) is 0 Å². The molecule has 1 saturated heterocycles. The molecular formula is C14H16N4O3. The molecule has 1 aromatic heterocycles. The van der Waals surface area contributed by atoms with E-state index in [0.717, 1.165) is 10.9 Å². The second-order valence-electron chi connectivity index (χ2n) is 5.00. The molecule has 0 aliphatic carbocycles. The third kappa shape index (κ3) is 2.67. The summed E-state index contributed by atoms with van der Waals surface area (Å²) >= 11 is 0. The van der Waals surface area contributed by atoms with Crippen molar-refractivity contribution in [2.24, 2.45) is 0 Å². The first-order valence-corrected chi connectivity index (χ1v) is 6.79. The number of nitrogens with zero attached hydrogens (tertiary/aromatic N) is 2. The minimum atomic E-state index is -0.410. The molecule has 0 bridgehead atoms. The number of ether oxygens (including phenoxy) is 1. The topological polar surface area (TPSA) is 87.3 Å². The van der Waals surface area contributed by atoms with Crippen LogP contribution < -0.4 is 5.32 Å².